The molecule has 0 aromatic heterocycles. The third-order valence-electron chi connectivity index (χ3n) is 2.91. The molecule has 1 heterocycles. The van der Waals surface area contributed by atoms with Gasteiger partial charge in [-0.25, -0.2) is 9.38 Å². The molecule has 1 amide bonds. The van der Waals surface area contributed by atoms with Gasteiger partial charge >= 0.3 is 0 Å². The van der Waals surface area contributed by atoms with Gasteiger partial charge in [0, 0.05) is 5.69 Å². The molecule has 0 aliphatic carbocycles. The van der Waals surface area contributed by atoms with E-state index >= 15 is 0 Å². The van der Waals surface area contributed by atoms with Crippen molar-refractivity contribution in [3.63, 3.8) is 0 Å². The normalized spacial score (nSPS) is 15.8. The molecule has 0 spiro atoms. The molecule has 2 aromatic carbocycles. The molecule has 2 N–H and O–H groups in total. The smallest absolute Gasteiger partial charge is 0.276 e. The lowest BCUT2D eigenvalue weighted by atomic mass is 10.2. The summed E-state index contributed by atoms with van der Waals surface area (Å²) in [5, 5.41) is 5.66. The topological polar surface area (TPSA) is 53.5 Å². The molecule has 0 radical (unpaired) electrons. The van der Waals surface area contributed by atoms with E-state index in [1.807, 2.05) is 30.3 Å². The van der Waals surface area contributed by atoms with E-state index in [-0.39, 0.29) is 17.4 Å². The monoisotopic (exact) mass is 281 g/mol. The third-order valence-corrected chi connectivity index (χ3v) is 2.91. The van der Waals surface area contributed by atoms with Crippen LogP contribution >= 0.6 is 0 Å². The van der Waals surface area contributed by atoms with Crippen LogP contribution in [0.2, 0.25) is 0 Å². The highest BCUT2D eigenvalue weighted by atomic mass is 19.1. The van der Waals surface area contributed by atoms with Crippen LogP contribution in [-0.2, 0) is 4.79 Å². The van der Waals surface area contributed by atoms with E-state index < -0.39 is 0 Å². The summed E-state index contributed by atoms with van der Waals surface area (Å²) in [4.78, 5) is 16.0. The summed E-state index contributed by atoms with van der Waals surface area (Å²) >= 11 is 0. The number of para-hydroxylation sites is 1. The lowest BCUT2D eigenvalue weighted by molar-refractivity contribution is -0.115. The molecule has 0 fully saturated rings. The molecule has 0 saturated carbocycles. The van der Waals surface area contributed by atoms with Crippen molar-refractivity contribution in [3.8, 4) is 0 Å². The molecule has 0 bridgehead atoms. The molecule has 4 nitrogen and oxygen atoms in total. The van der Waals surface area contributed by atoms with Crippen LogP contribution in [0.15, 0.2) is 65.3 Å². The number of nitrogens with zero attached hydrogens (tertiary/aromatic N) is 1. The summed E-state index contributed by atoms with van der Waals surface area (Å²) in [5.41, 5.74) is 1.82. The van der Waals surface area contributed by atoms with Gasteiger partial charge in [-0.1, -0.05) is 30.3 Å². The molecule has 2 aromatic rings. The molecule has 1 aliphatic heterocycles. The number of hydrogen-bond acceptors (Lipinski definition) is 3. The van der Waals surface area contributed by atoms with Crippen LogP contribution in [0.4, 0.5) is 10.1 Å². The number of halogens is 1. The fourth-order valence-electron chi connectivity index (χ4n) is 1.90. The van der Waals surface area contributed by atoms with Crippen molar-refractivity contribution in [1.29, 1.82) is 0 Å². The highest BCUT2D eigenvalue weighted by molar-refractivity contribution is 6.17. The number of amides is 1. The fraction of sp³-hybridized carbons (Fsp3) is 0. The summed E-state index contributed by atoms with van der Waals surface area (Å²) in [5.74, 6) is -0.236. The first-order valence-electron chi connectivity index (χ1n) is 6.40. The average Bonchev–Trinajstić information content (AvgIpc) is 2.82. The highest BCUT2D eigenvalue weighted by Gasteiger charge is 2.19. The molecular weight excluding hydrogens is 269 g/mol. The minimum Gasteiger partial charge on any atom is -0.326 e. The average molecular weight is 281 g/mol. The second-order valence-electron chi connectivity index (χ2n) is 4.49. The standard InChI is InChI=1S/C16H12FN3O/c17-12-8-6-11(7-9-12)10-14-15(21)20-16(19-14)18-13-4-2-1-3-5-13/h1-10H,(H2,18,19,20,21)/b14-10-. The number of carbonyl (C=O) groups excluding carboxylic acids is 1. The Bertz CT molecular complexity index is 721. The van der Waals surface area contributed by atoms with Gasteiger partial charge < -0.3 is 5.32 Å². The van der Waals surface area contributed by atoms with E-state index in [4.69, 9.17) is 0 Å². The van der Waals surface area contributed by atoms with Gasteiger partial charge in [-0.15, -0.1) is 0 Å². The first-order chi connectivity index (χ1) is 10.2. The Hall–Kier alpha value is -2.95. The van der Waals surface area contributed by atoms with Crippen molar-refractivity contribution in [3.05, 3.63) is 71.7 Å². The zero-order valence-electron chi connectivity index (χ0n) is 11.0. The van der Waals surface area contributed by atoms with Crippen LogP contribution in [0.1, 0.15) is 5.56 Å². The quantitative estimate of drug-likeness (QED) is 0.832. The zero-order chi connectivity index (χ0) is 14.7. The maximum absolute atomic E-state index is 12.8. The third kappa shape index (κ3) is 3.14. The van der Waals surface area contributed by atoms with E-state index in [0.717, 1.165) is 5.69 Å². The van der Waals surface area contributed by atoms with Gasteiger partial charge in [-0.05, 0) is 35.9 Å². The zero-order valence-corrected chi connectivity index (χ0v) is 11.0. The van der Waals surface area contributed by atoms with Crippen LogP contribution < -0.4 is 10.6 Å². The van der Waals surface area contributed by atoms with E-state index in [9.17, 15) is 9.18 Å². The van der Waals surface area contributed by atoms with Gasteiger partial charge in [0.25, 0.3) is 5.91 Å². The second-order valence-corrected chi connectivity index (χ2v) is 4.49. The van der Waals surface area contributed by atoms with E-state index in [0.29, 0.717) is 11.5 Å². The molecule has 0 unspecified atom stereocenters. The number of hydrogen-bond donors (Lipinski definition) is 2. The Labute approximate surface area is 121 Å². The Morgan fingerprint density at radius 3 is 2.48 bits per heavy atom. The van der Waals surface area contributed by atoms with Gasteiger partial charge in [-0.3, -0.25) is 10.1 Å². The summed E-state index contributed by atoms with van der Waals surface area (Å²) in [6, 6.07) is 15.3. The summed E-state index contributed by atoms with van der Waals surface area (Å²) < 4.78 is 12.8. The predicted molar refractivity (Wildman–Crippen MR) is 80.0 cm³/mol. The molecular formula is C16H12FN3O. The second kappa shape index (κ2) is 5.58. The van der Waals surface area contributed by atoms with Gasteiger partial charge in [0.1, 0.15) is 11.5 Å². The van der Waals surface area contributed by atoms with Crippen LogP contribution in [0, 0.1) is 5.82 Å². The van der Waals surface area contributed by atoms with Crippen molar-refractivity contribution in [2.75, 3.05) is 5.32 Å². The Morgan fingerprint density at radius 1 is 1.05 bits per heavy atom. The maximum Gasteiger partial charge on any atom is 0.276 e. The number of carbonyl (C=O) groups is 1. The van der Waals surface area contributed by atoms with Crippen molar-refractivity contribution >= 4 is 23.6 Å². The van der Waals surface area contributed by atoms with Gasteiger partial charge in [0.05, 0.1) is 0 Å². The van der Waals surface area contributed by atoms with Crippen molar-refractivity contribution in [2.45, 2.75) is 0 Å². The molecule has 104 valence electrons. The molecule has 1 aliphatic rings. The van der Waals surface area contributed by atoms with E-state index in [1.165, 1.54) is 12.1 Å². The largest absolute Gasteiger partial charge is 0.326 e. The van der Waals surface area contributed by atoms with Gasteiger partial charge in [0.15, 0.2) is 0 Å². The Morgan fingerprint density at radius 2 is 1.76 bits per heavy atom. The number of anilines is 1. The maximum atomic E-state index is 12.8. The molecule has 3 rings (SSSR count). The van der Waals surface area contributed by atoms with E-state index in [1.54, 1.807) is 18.2 Å². The predicted octanol–water partition coefficient (Wildman–Crippen LogP) is 2.76. The highest BCUT2D eigenvalue weighted by Crippen LogP contribution is 2.14. The van der Waals surface area contributed by atoms with Crippen LogP contribution in [0.25, 0.3) is 6.08 Å². The number of nitrogens with one attached hydrogen (secondary N) is 2. The minimum absolute atomic E-state index is 0.278. The van der Waals surface area contributed by atoms with Gasteiger partial charge in [-0.2, -0.15) is 0 Å². The minimum atomic E-state index is -0.317. The van der Waals surface area contributed by atoms with Crippen LogP contribution in [0.5, 0.6) is 0 Å². The molecule has 0 saturated heterocycles. The molecule has 5 heteroatoms. The first-order valence-corrected chi connectivity index (χ1v) is 6.40. The fourth-order valence-corrected chi connectivity index (χ4v) is 1.90. The molecule has 0 atom stereocenters. The Balaban J connectivity index is 1.80. The van der Waals surface area contributed by atoms with Crippen LogP contribution in [-0.4, -0.2) is 11.9 Å². The summed E-state index contributed by atoms with van der Waals surface area (Å²) in [6.45, 7) is 0. The summed E-state index contributed by atoms with van der Waals surface area (Å²) in [7, 11) is 0. The lowest BCUT2D eigenvalue weighted by Crippen LogP contribution is -2.29. The molecule has 21 heavy (non-hydrogen) atoms. The number of benzene rings is 2. The van der Waals surface area contributed by atoms with Crippen molar-refractivity contribution in [1.82, 2.24) is 5.32 Å². The number of rotatable bonds is 2. The van der Waals surface area contributed by atoms with Crippen molar-refractivity contribution in [2.24, 2.45) is 4.99 Å². The number of aliphatic imine (C=N–C) groups is 1. The van der Waals surface area contributed by atoms with E-state index in [2.05, 4.69) is 15.6 Å². The lowest BCUT2D eigenvalue weighted by Gasteiger charge is -2.03. The Kier molecular flexibility index (Phi) is 3.47. The number of guanidine groups is 1. The SMILES string of the molecule is O=C1NC(Nc2ccccc2)=N/C1=C\c1ccc(F)cc1. The van der Waals surface area contributed by atoms with Crippen molar-refractivity contribution < 1.29 is 9.18 Å². The van der Waals surface area contributed by atoms with Crippen LogP contribution in [0.3, 0.4) is 0 Å². The van der Waals surface area contributed by atoms with Gasteiger partial charge in [0.2, 0.25) is 5.96 Å². The first kappa shape index (κ1) is 13.1. The summed E-state index contributed by atoms with van der Waals surface area (Å²) in [6.07, 6.45) is 1.61.